The minimum Gasteiger partial charge on any atom is -0.369 e. The van der Waals surface area contributed by atoms with E-state index in [1.807, 2.05) is 13.1 Å². The molecule has 1 aliphatic heterocycles. The summed E-state index contributed by atoms with van der Waals surface area (Å²) in [6.45, 7) is 7.05. The van der Waals surface area contributed by atoms with Gasteiger partial charge in [-0.2, -0.15) is 0 Å². The molecule has 0 atom stereocenters. The normalized spacial score (nSPS) is 14.9. The predicted molar refractivity (Wildman–Crippen MR) is 141 cm³/mol. The van der Waals surface area contributed by atoms with E-state index < -0.39 is 15.8 Å². The summed E-state index contributed by atoms with van der Waals surface area (Å²) in [5, 5.41) is 0. The number of aryl methyl sites for hydroxylation is 2. The van der Waals surface area contributed by atoms with Crippen LogP contribution in [-0.4, -0.2) is 55.6 Å². The highest BCUT2D eigenvalue weighted by Crippen LogP contribution is 2.23. The largest absolute Gasteiger partial charge is 0.369 e. The molecule has 4 aromatic rings. The van der Waals surface area contributed by atoms with Crippen molar-refractivity contribution in [1.29, 1.82) is 0 Å². The maximum atomic E-state index is 13.2. The molecular weight excluding hydrogens is 477 g/mol. The number of fused-ring (bicyclic) bond motifs is 1. The number of anilines is 2. The SMILES string of the molecule is Cc1ccc(N2CCN(CCc3nc4cc(NS(=O)(=O)c5ccc(F)cc5)ccc4n3C)CC2)cc1. The fourth-order valence-corrected chi connectivity index (χ4v) is 5.66. The molecule has 1 aliphatic rings. The number of nitrogens with zero attached hydrogens (tertiary/aromatic N) is 4. The summed E-state index contributed by atoms with van der Waals surface area (Å²) < 4.78 is 43.1. The number of aromatic nitrogens is 2. The lowest BCUT2D eigenvalue weighted by atomic mass is 10.2. The van der Waals surface area contributed by atoms with Crippen LogP contribution in [0.4, 0.5) is 15.8 Å². The molecule has 36 heavy (non-hydrogen) atoms. The average molecular weight is 508 g/mol. The lowest BCUT2D eigenvalue weighted by Gasteiger charge is -2.36. The topological polar surface area (TPSA) is 70.5 Å². The molecule has 3 aromatic carbocycles. The zero-order valence-corrected chi connectivity index (χ0v) is 21.3. The summed E-state index contributed by atoms with van der Waals surface area (Å²) in [5.74, 6) is 0.481. The zero-order chi connectivity index (χ0) is 25.3. The second kappa shape index (κ2) is 9.91. The van der Waals surface area contributed by atoms with E-state index in [1.165, 1.54) is 23.4 Å². The number of hydrogen-bond acceptors (Lipinski definition) is 5. The van der Waals surface area contributed by atoms with Gasteiger partial charge in [0.05, 0.1) is 21.6 Å². The molecule has 0 unspecified atom stereocenters. The smallest absolute Gasteiger partial charge is 0.261 e. The first-order valence-electron chi connectivity index (χ1n) is 12.1. The molecule has 2 heterocycles. The van der Waals surface area contributed by atoms with E-state index in [1.54, 1.807) is 12.1 Å². The first-order chi connectivity index (χ1) is 17.3. The fraction of sp³-hybridized carbons (Fsp3) is 0.296. The Kier molecular flexibility index (Phi) is 6.68. The quantitative estimate of drug-likeness (QED) is 0.406. The van der Waals surface area contributed by atoms with Crippen molar-refractivity contribution in [3.05, 3.63) is 83.9 Å². The number of benzene rings is 3. The second-order valence-electron chi connectivity index (χ2n) is 9.26. The van der Waals surface area contributed by atoms with Crippen LogP contribution in [0.1, 0.15) is 11.4 Å². The highest BCUT2D eigenvalue weighted by atomic mass is 32.2. The summed E-state index contributed by atoms with van der Waals surface area (Å²) in [7, 11) is -1.83. The van der Waals surface area contributed by atoms with Crippen LogP contribution in [0.5, 0.6) is 0 Å². The van der Waals surface area contributed by atoms with Crippen molar-refractivity contribution in [3.8, 4) is 0 Å². The van der Waals surface area contributed by atoms with E-state index in [0.29, 0.717) is 5.69 Å². The molecule has 1 aromatic heterocycles. The van der Waals surface area contributed by atoms with Crippen molar-refractivity contribution in [1.82, 2.24) is 14.5 Å². The molecule has 0 bridgehead atoms. The van der Waals surface area contributed by atoms with E-state index in [9.17, 15) is 12.8 Å². The summed E-state index contributed by atoms with van der Waals surface area (Å²) >= 11 is 0. The minimum absolute atomic E-state index is 0.00758. The number of nitrogens with one attached hydrogen (secondary N) is 1. The molecule has 0 saturated carbocycles. The standard InChI is InChI=1S/C27H30FN5O2S/c1-20-3-8-23(9-4-20)33-17-15-32(16-18-33)14-13-27-29-25-19-22(7-12-26(25)31(27)2)30-36(34,35)24-10-5-21(28)6-11-24/h3-12,19,30H,13-18H2,1-2H3. The van der Waals surface area contributed by atoms with Crippen LogP contribution in [0.2, 0.25) is 0 Å². The molecule has 9 heteroatoms. The highest BCUT2D eigenvalue weighted by molar-refractivity contribution is 7.92. The number of halogens is 1. The van der Waals surface area contributed by atoms with Crippen LogP contribution in [0, 0.1) is 12.7 Å². The van der Waals surface area contributed by atoms with Gasteiger partial charge in [-0.05, 0) is 61.5 Å². The van der Waals surface area contributed by atoms with Crippen LogP contribution in [0.15, 0.2) is 71.6 Å². The zero-order valence-electron chi connectivity index (χ0n) is 20.5. The minimum atomic E-state index is -3.82. The molecular formula is C27H30FN5O2S. The molecule has 0 aliphatic carbocycles. The Morgan fingerprint density at radius 1 is 0.944 bits per heavy atom. The van der Waals surface area contributed by atoms with Gasteiger partial charge in [0, 0.05) is 51.9 Å². The van der Waals surface area contributed by atoms with Crippen LogP contribution < -0.4 is 9.62 Å². The van der Waals surface area contributed by atoms with Crippen LogP contribution in [0.3, 0.4) is 0 Å². The van der Waals surface area contributed by atoms with Gasteiger partial charge in [-0.1, -0.05) is 17.7 Å². The number of piperazine rings is 1. The van der Waals surface area contributed by atoms with Crippen molar-refractivity contribution in [2.45, 2.75) is 18.2 Å². The van der Waals surface area contributed by atoms with Gasteiger partial charge in [0.15, 0.2) is 0 Å². The number of imidazole rings is 1. The maximum Gasteiger partial charge on any atom is 0.261 e. The molecule has 188 valence electrons. The Bertz CT molecular complexity index is 1460. The Balaban J connectivity index is 1.22. The van der Waals surface area contributed by atoms with Gasteiger partial charge in [-0.25, -0.2) is 17.8 Å². The Labute approximate surface area is 211 Å². The molecule has 1 fully saturated rings. The van der Waals surface area contributed by atoms with Crippen molar-refractivity contribution in [2.24, 2.45) is 7.05 Å². The third kappa shape index (κ3) is 5.22. The van der Waals surface area contributed by atoms with E-state index in [-0.39, 0.29) is 4.90 Å². The summed E-state index contributed by atoms with van der Waals surface area (Å²) in [5.41, 5.74) is 4.65. The van der Waals surface area contributed by atoms with Gasteiger partial charge in [-0.3, -0.25) is 9.62 Å². The van der Waals surface area contributed by atoms with E-state index in [2.05, 4.69) is 50.3 Å². The second-order valence-corrected chi connectivity index (χ2v) is 10.9. The van der Waals surface area contributed by atoms with Gasteiger partial charge in [0.25, 0.3) is 10.0 Å². The molecule has 0 radical (unpaired) electrons. The summed E-state index contributed by atoms with van der Waals surface area (Å²) in [6, 6.07) is 18.8. The molecule has 1 saturated heterocycles. The number of rotatable bonds is 7. The maximum absolute atomic E-state index is 13.2. The summed E-state index contributed by atoms with van der Waals surface area (Å²) in [6.07, 6.45) is 0.812. The predicted octanol–water partition coefficient (Wildman–Crippen LogP) is 4.19. The lowest BCUT2D eigenvalue weighted by Crippen LogP contribution is -2.47. The Morgan fingerprint density at radius 3 is 2.33 bits per heavy atom. The molecule has 5 rings (SSSR count). The number of hydrogen-bond donors (Lipinski definition) is 1. The molecule has 0 spiro atoms. The van der Waals surface area contributed by atoms with Gasteiger partial charge in [-0.15, -0.1) is 0 Å². The van der Waals surface area contributed by atoms with E-state index in [4.69, 9.17) is 4.98 Å². The molecule has 7 nitrogen and oxygen atoms in total. The Hall–Kier alpha value is -3.43. The number of sulfonamides is 1. The molecule has 1 N–H and O–H groups in total. The fourth-order valence-electron chi connectivity index (χ4n) is 4.61. The third-order valence-electron chi connectivity index (χ3n) is 6.77. The summed E-state index contributed by atoms with van der Waals surface area (Å²) in [4.78, 5) is 9.69. The van der Waals surface area contributed by atoms with E-state index in [0.717, 1.165) is 68.1 Å². The van der Waals surface area contributed by atoms with Gasteiger partial charge < -0.3 is 9.47 Å². The van der Waals surface area contributed by atoms with Gasteiger partial charge in [0.1, 0.15) is 11.6 Å². The lowest BCUT2D eigenvalue weighted by molar-refractivity contribution is 0.259. The van der Waals surface area contributed by atoms with Crippen molar-refractivity contribution in [2.75, 3.05) is 42.3 Å². The van der Waals surface area contributed by atoms with Crippen molar-refractivity contribution >= 4 is 32.4 Å². The van der Waals surface area contributed by atoms with Crippen molar-refractivity contribution < 1.29 is 12.8 Å². The van der Waals surface area contributed by atoms with Crippen molar-refractivity contribution in [3.63, 3.8) is 0 Å². The Morgan fingerprint density at radius 2 is 1.64 bits per heavy atom. The van der Waals surface area contributed by atoms with Gasteiger partial charge >= 0.3 is 0 Å². The van der Waals surface area contributed by atoms with Gasteiger partial charge in [0.2, 0.25) is 0 Å². The average Bonchev–Trinajstić information content (AvgIpc) is 3.18. The first kappa shape index (κ1) is 24.3. The highest BCUT2D eigenvalue weighted by Gasteiger charge is 2.19. The van der Waals surface area contributed by atoms with E-state index >= 15 is 0 Å². The monoisotopic (exact) mass is 507 g/mol. The van der Waals surface area contributed by atoms with Crippen LogP contribution in [-0.2, 0) is 23.5 Å². The molecule has 0 amide bonds. The third-order valence-corrected chi connectivity index (χ3v) is 8.17. The van der Waals surface area contributed by atoms with Crippen LogP contribution >= 0.6 is 0 Å². The van der Waals surface area contributed by atoms with Crippen LogP contribution in [0.25, 0.3) is 11.0 Å². The first-order valence-corrected chi connectivity index (χ1v) is 13.5.